The van der Waals surface area contributed by atoms with Crippen molar-refractivity contribution in [1.29, 1.82) is 5.26 Å². The van der Waals surface area contributed by atoms with Crippen molar-refractivity contribution in [3.8, 4) is 6.07 Å². The van der Waals surface area contributed by atoms with E-state index in [9.17, 15) is 0 Å². The third-order valence-electron chi connectivity index (χ3n) is 2.79. The average molecular weight is 291 g/mol. The smallest absolute Gasteiger partial charge is 0.100 e. The molecule has 1 heterocycles. The molecular formula is C15H15ClN2S. The summed E-state index contributed by atoms with van der Waals surface area (Å²) >= 11 is 7.57. The van der Waals surface area contributed by atoms with Crippen molar-refractivity contribution in [2.24, 2.45) is 0 Å². The number of nitriles is 1. The van der Waals surface area contributed by atoms with Gasteiger partial charge < -0.3 is 5.32 Å². The molecule has 2 rings (SSSR count). The summed E-state index contributed by atoms with van der Waals surface area (Å²) in [4.78, 5) is 1.21. The molecule has 98 valence electrons. The van der Waals surface area contributed by atoms with Crippen molar-refractivity contribution < 1.29 is 0 Å². The van der Waals surface area contributed by atoms with Crippen LogP contribution in [0.3, 0.4) is 0 Å². The lowest BCUT2D eigenvalue weighted by Crippen LogP contribution is -2.14. The Balaban J connectivity index is 1.66. The Bertz CT molecular complexity index is 572. The second-order valence-corrected chi connectivity index (χ2v) is 5.76. The highest BCUT2D eigenvalue weighted by Crippen LogP contribution is 2.14. The second kappa shape index (κ2) is 7.30. The Kier molecular flexibility index (Phi) is 5.41. The molecule has 0 aliphatic carbocycles. The normalized spacial score (nSPS) is 10.3. The van der Waals surface area contributed by atoms with E-state index in [1.807, 2.05) is 29.6 Å². The number of nitrogens with zero attached hydrogens (tertiary/aromatic N) is 1. The number of halogens is 1. The first-order valence-corrected chi connectivity index (χ1v) is 7.46. The van der Waals surface area contributed by atoms with E-state index in [2.05, 4.69) is 17.5 Å². The molecular weight excluding hydrogens is 276 g/mol. The molecule has 0 aliphatic rings. The van der Waals surface area contributed by atoms with Gasteiger partial charge in [0.25, 0.3) is 0 Å². The summed E-state index contributed by atoms with van der Waals surface area (Å²) in [6.07, 6.45) is 2.11. The van der Waals surface area contributed by atoms with Crippen LogP contribution in [0.1, 0.15) is 22.4 Å². The van der Waals surface area contributed by atoms with Crippen LogP contribution >= 0.6 is 22.9 Å². The first-order chi connectivity index (χ1) is 9.28. The summed E-state index contributed by atoms with van der Waals surface area (Å²) in [6, 6.07) is 12.1. The third-order valence-corrected chi connectivity index (χ3v) is 3.96. The molecule has 4 heteroatoms. The molecule has 0 fully saturated rings. The van der Waals surface area contributed by atoms with Crippen LogP contribution < -0.4 is 5.32 Å². The van der Waals surface area contributed by atoms with Crippen LogP contribution in [0.15, 0.2) is 35.7 Å². The second-order valence-electron chi connectivity index (χ2n) is 4.32. The van der Waals surface area contributed by atoms with Gasteiger partial charge in [-0.1, -0.05) is 23.7 Å². The van der Waals surface area contributed by atoms with Crippen LogP contribution in [0.25, 0.3) is 0 Å². The van der Waals surface area contributed by atoms with Crippen LogP contribution in [0.5, 0.6) is 0 Å². The van der Waals surface area contributed by atoms with Crippen molar-refractivity contribution in [2.45, 2.75) is 19.4 Å². The molecule has 0 saturated carbocycles. The topological polar surface area (TPSA) is 35.8 Å². The fourth-order valence-corrected chi connectivity index (χ4v) is 2.85. The molecule has 1 aromatic heterocycles. The van der Waals surface area contributed by atoms with Crippen molar-refractivity contribution in [3.63, 3.8) is 0 Å². The molecule has 1 aromatic carbocycles. The molecule has 0 aliphatic heterocycles. The Morgan fingerprint density at radius 3 is 2.95 bits per heavy atom. The first-order valence-electron chi connectivity index (χ1n) is 6.20. The molecule has 2 nitrogen and oxygen atoms in total. The summed E-state index contributed by atoms with van der Waals surface area (Å²) in [5.74, 6) is 0. The zero-order valence-corrected chi connectivity index (χ0v) is 12.1. The summed E-state index contributed by atoms with van der Waals surface area (Å²) in [7, 11) is 0. The maximum atomic E-state index is 8.73. The van der Waals surface area contributed by atoms with Crippen LogP contribution in [0.4, 0.5) is 0 Å². The Morgan fingerprint density at radius 2 is 2.21 bits per heavy atom. The van der Waals surface area contributed by atoms with Gasteiger partial charge in [0, 0.05) is 21.8 Å². The number of benzene rings is 1. The molecule has 0 unspecified atom stereocenters. The maximum Gasteiger partial charge on any atom is 0.100 e. The van der Waals surface area contributed by atoms with Gasteiger partial charge in [-0.2, -0.15) is 5.26 Å². The lowest BCUT2D eigenvalue weighted by Gasteiger charge is -2.04. The fraction of sp³-hybridized carbons (Fsp3) is 0.267. The van der Waals surface area contributed by atoms with Gasteiger partial charge in [-0.25, -0.2) is 0 Å². The quantitative estimate of drug-likeness (QED) is 0.816. The van der Waals surface area contributed by atoms with Gasteiger partial charge >= 0.3 is 0 Å². The van der Waals surface area contributed by atoms with E-state index in [-0.39, 0.29) is 0 Å². The number of thiophene rings is 1. The minimum absolute atomic E-state index is 0.751. The lowest BCUT2D eigenvalue weighted by atomic mass is 10.1. The van der Waals surface area contributed by atoms with Gasteiger partial charge in [0.1, 0.15) is 6.07 Å². The van der Waals surface area contributed by atoms with Crippen molar-refractivity contribution in [3.05, 3.63) is 56.7 Å². The van der Waals surface area contributed by atoms with E-state index < -0.39 is 0 Å². The van der Waals surface area contributed by atoms with Crippen molar-refractivity contribution in [2.75, 3.05) is 6.54 Å². The molecule has 0 spiro atoms. The molecule has 19 heavy (non-hydrogen) atoms. The molecule has 0 saturated heterocycles. The van der Waals surface area contributed by atoms with E-state index in [1.54, 1.807) is 11.3 Å². The van der Waals surface area contributed by atoms with Crippen LogP contribution in [-0.2, 0) is 13.0 Å². The fourth-order valence-electron chi connectivity index (χ4n) is 1.85. The number of hydrogen-bond donors (Lipinski definition) is 1. The molecule has 1 N–H and O–H groups in total. The molecule has 0 atom stereocenters. The summed E-state index contributed by atoms with van der Waals surface area (Å²) in [6.45, 7) is 1.80. The van der Waals surface area contributed by atoms with Gasteiger partial charge in [0.2, 0.25) is 0 Å². The lowest BCUT2D eigenvalue weighted by molar-refractivity contribution is 0.654. The minimum Gasteiger partial charge on any atom is -0.312 e. The SMILES string of the molecule is N#Cc1csc(CNCCCc2cccc(Cl)c2)c1. The molecule has 2 aromatic rings. The van der Waals surface area contributed by atoms with E-state index in [1.165, 1.54) is 10.4 Å². The average Bonchev–Trinajstić information content (AvgIpc) is 2.86. The highest BCUT2D eigenvalue weighted by molar-refractivity contribution is 7.10. The predicted octanol–water partition coefficient (Wildman–Crippen LogP) is 4.00. The van der Waals surface area contributed by atoms with E-state index in [0.717, 1.165) is 36.5 Å². The standard InChI is InChI=1S/C15H15ClN2S/c16-14-5-1-3-12(7-14)4-2-6-18-10-15-8-13(9-17)11-19-15/h1,3,5,7-8,11,18H,2,4,6,10H2. The highest BCUT2D eigenvalue weighted by Gasteiger charge is 1.99. The van der Waals surface area contributed by atoms with E-state index in [4.69, 9.17) is 16.9 Å². The number of aryl methyl sites for hydroxylation is 1. The van der Waals surface area contributed by atoms with Gasteiger partial charge in [-0.05, 0) is 43.1 Å². The monoisotopic (exact) mass is 290 g/mol. The van der Waals surface area contributed by atoms with E-state index in [0.29, 0.717) is 0 Å². The summed E-state index contributed by atoms with van der Waals surface area (Å²) < 4.78 is 0. The van der Waals surface area contributed by atoms with Gasteiger partial charge in [0.15, 0.2) is 0 Å². The number of rotatable bonds is 6. The Hall–Kier alpha value is -1.34. The van der Waals surface area contributed by atoms with E-state index >= 15 is 0 Å². The Morgan fingerprint density at radius 1 is 1.32 bits per heavy atom. The van der Waals surface area contributed by atoms with Crippen LogP contribution in [0.2, 0.25) is 5.02 Å². The third kappa shape index (κ3) is 4.68. The maximum absolute atomic E-state index is 8.73. The van der Waals surface area contributed by atoms with Gasteiger partial charge in [0.05, 0.1) is 5.56 Å². The van der Waals surface area contributed by atoms with Crippen LogP contribution in [0, 0.1) is 11.3 Å². The van der Waals surface area contributed by atoms with Crippen LogP contribution in [-0.4, -0.2) is 6.54 Å². The number of nitrogens with one attached hydrogen (secondary N) is 1. The molecule has 0 radical (unpaired) electrons. The Labute approximate surface area is 122 Å². The van der Waals surface area contributed by atoms with Gasteiger partial charge in [-0.3, -0.25) is 0 Å². The van der Waals surface area contributed by atoms with Crippen molar-refractivity contribution >= 4 is 22.9 Å². The molecule has 0 amide bonds. The van der Waals surface area contributed by atoms with Crippen molar-refractivity contribution in [1.82, 2.24) is 5.32 Å². The zero-order valence-electron chi connectivity index (χ0n) is 10.5. The minimum atomic E-state index is 0.751. The summed E-state index contributed by atoms with van der Waals surface area (Å²) in [5, 5.41) is 14.8. The predicted molar refractivity (Wildman–Crippen MR) is 80.5 cm³/mol. The first kappa shape index (κ1) is 14.1. The molecule has 0 bridgehead atoms. The number of hydrogen-bond acceptors (Lipinski definition) is 3. The zero-order chi connectivity index (χ0) is 13.5. The van der Waals surface area contributed by atoms with Gasteiger partial charge in [-0.15, -0.1) is 11.3 Å². The highest BCUT2D eigenvalue weighted by atomic mass is 35.5. The summed E-state index contributed by atoms with van der Waals surface area (Å²) in [5.41, 5.74) is 2.03. The largest absolute Gasteiger partial charge is 0.312 e.